The Morgan fingerprint density at radius 1 is 0.973 bits per heavy atom. The summed E-state index contributed by atoms with van der Waals surface area (Å²) < 4.78 is 5.58. The molecule has 1 saturated heterocycles. The minimum absolute atomic E-state index is 0.0902. The molecule has 1 aliphatic rings. The average Bonchev–Trinajstić information content (AvgIpc) is 3.29. The van der Waals surface area contributed by atoms with Crippen LogP contribution in [0.3, 0.4) is 0 Å². The molecule has 0 aromatic heterocycles. The maximum Gasteiger partial charge on any atom is 0.262 e. The minimum Gasteiger partial charge on any atom is -0.484 e. The Labute approximate surface area is 217 Å². The summed E-state index contributed by atoms with van der Waals surface area (Å²) in [5, 5.41) is 5.75. The Morgan fingerprint density at radius 3 is 2.30 bits per heavy atom. The minimum atomic E-state index is -0.399. The van der Waals surface area contributed by atoms with Gasteiger partial charge in [0, 0.05) is 30.9 Å². The number of carbonyl (C=O) groups excluding carboxylic acids is 3. The summed E-state index contributed by atoms with van der Waals surface area (Å²) in [6, 6.07) is 22.7. The zero-order chi connectivity index (χ0) is 26.4. The number of hydrogen-bond donors (Lipinski definition) is 2. The Bertz CT molecular complexity index is 1240. The molecule has 0 saturated carbocycles. The number of amides is 3. The molecular formula is C30H33N3O4. The standard InChI is InChI=1S/C30H33N3O4/c1-20(2)23-8-6-22(7-9-23)17-31-30(36)24-16-29(35)33(18-24)26-12-14-27(15-13-26)37-19-28(34)32-25-10-4-21(3)5-11-25/h4-15,20,24H,16-19H2,1-3H3,(H,31,36)(H,32,34)/t24-/m0/s1. The van der Waals surface area contributed by atoms with Crippen molar-refractivity contribution >= 4 is 29.1 Å². The first-order chi connectivity index (χ1) is 17.8. The van der Waals surface area contributed by atoms with Gasteiger partial charge in [-0.05, 0) is 60.4 Å². The van der Waals surface area contributed by atoms with Gasteiger partial charge in [-0.15, -0.1) is 0 Å². The predicted molar refractivity (Wildman–Crippen MR) is 145 cm³/mol. The fraction of sp³-hybridized carbons (Fsp3) is 0.300. The number of hydrogen-bond acceptors (Lipinski definition) is 4. The van der Waals surface area contributed by atoms with Crippen LogP contribution in [-0.4, -0.2) is 30.9 Å². The van der Waals surface area contributed by atoms with Crippen molar-refractivity contribution in [3.8, 4) is 5.75 Å². The van der Waals surface area contributed by atoms with Crippen LogP contribution in [-0.2, 0) is 20.9 Å². The molecule has 0 radical (unpaired) electrons. The monoisotopic (exact) mass is 499 g/mol. The number of anilines is 2. The van der Waals surface area contributed by atoms with Crippen LogP contribution in [0.4, 0.5) is 11.4 Å². The number of rotatable bonds is 9. The van der Waals surface area contributed by atoms with Gasteiger partial charge < -0.3 is 20.3 Å². The van der Waals surface area contributed by atoms with Crippen LogP contribution in [0, 0.1) is 12.8 Å². The van der Waals surface area contributed by atoms with Crippen LogP contribution in [0.25, 0.3) is 0 Å². The normalized spacial score (nSPS) is 15.1. The van der Waals surface area contributed by atoms with E-state index in [1.54, 1.807) is 29.2 Å². The van der Waals surface area contributed by atoms with E-state index in [1.807, 2.05) is 43.3 Å². The van der Waals surface area contributed by atoms with Gasteiger partial charge in [0.25, 0.3) is 5.91 Å². The van der Waals surface area contributed by atoms with Crippen LogP contribution in [0.2, 0.25) is 0 Å². The smallest absolute Gasteiger partial charge is 0.262 e. The van der Waals surface area contributed by atoms with Crippen LogP contribution in [0.5, 0.6) is 5.75 Å². The van der Waals surface area contributed by atoms with Gasteiger partial charge in [0.2, 0.25) is 11.8 Å². The number of aryl methyl sites for hydroxylation is 1. The summed E-state index contributed by atoms with van der Waals surface area (Å²) >= 11 is 0. The SMILES string of the molecule is Cc1ccc(NC(=O)COc2ccc(N3C[C@@H](C(=O)NCc4ccc(C(C)C)cc4)CC3=O)cc2)cc1. The Kier molecular flexibility index (Phi) is 8.23. The summed E-state index contributed by atoms with van der Waals surface area (Å²) in [6.07, 6.45) is 0.176. The molecule has 192 valence electrons. The molecular weight excluding hydrogens is 466 g/mol. The van der Waals surface area contributed by atoms with Gasteiger partial charge in [-0.1, -0.05) is 55.8 Å². The van der Waals surface area contributed by atoms with Crippen molar-refractivity contribution < 1.29 is 19.1 Å². The molecule has 1 aliphatic heterocycles. The van der Waals surface area contributed by atoms with E-state index in [2.05, 4.69) is 36.6 Å². The summed E-state index contributed by atoms with van der Waals surface area (Å²) in [5.41, 5.74) is 4.81. The summed E-state index contributed by atoms with van der Waals surface area (Å²) in [6.45, 7) is 6.91. The number of carbonyl (C=O) groups is 3. The third kappa shape index (κ3) is 6.97. The van der Waals surface area contributed by atoms with E-state index in [4.69, 9.17) is 4.74 Å². The number of nitrogens with zero attached hydrogens (tertiary/aromatic N) is 1. The lowest BCUT2D eigenvalue weighted by Gasteiger charge is -2.17. The molecule has 7 heteroatoms. The fourth-order valence-corrected chi connectivity index (χ4v) is 4.19. The molecule has 0 unspecified atom stereocenters. The highest BCUT2D eigenvalue weighted by Crippen LogP contribution is 2.27. The molecule has 1 atom stereocenters. The molecule has 7 nitrogen and oxygen atoms in total. The van der Waals surface area contributed by atoms with Crippen molar-refractivity contribution in [3.63, 3.8) is 0 Å². The number of nitrogens with one attached hydrogen (secondary N) is 2. The summed E-state index contributed by atoms with van der Waals surface area (Å²) in [4.78, 5) is 39.1. The second-order valence-corrected chi connectivity index (χ2v) is 9.72. The average molecular weight is 500 g/mol. The highest BCUT2D eigenvalue weighted by atomic mass is 16.5. The van der Waals surface area contributed by atoms with E-state index >= 15 is 0 Å². The van der Waals surface area contributed by atoms with Crippen molar-refractivity contribution in [2.45, 2.75) is 39.7 Å². The number of ether oxygens (including phenoxy) is 1. The fourth-order valence-electron chi connectivity index (χ4n) is 4.19. The first-order valence-corrected chi connectivity index (χ1v) is 12.5. The second-order valence-electron chi connectivity index (χ2n) is 9.72. The zero-order valence-electron chi connectivity index (χ0n) is 21.5. The lowest BCUT2D eigenvalue weighted by molar-refractivity contribution is -0.126. The lowest BCUT2D eigenvalue weighted by Crippen LogP contribution is -2.32. The third-order valence-corrected chi connectivity index (χ3v) is 6.46. The Hall–Kier alpha value is -4.13. The molecule has 2 N–H and O–H groups in total. The van der Waals surface area contributed by atoms with Gasteiger partial charge in [0.05, 0.1) is 5.92 Å². The molecule has 37 heavy (non-hydrogen) atoms. The Morgan fingerprint density at radius 2 is 1.65 bits per heavy atom. The van der Waals surface area contributed by atoms with Crippen LogP contribution in [0.15, 0.2) is 72.8 Å². The molecule has 0 bridgehead atoms. The highest BCUT2D eigenvalue weighted by molar-refractivity contribution is 6.00. The number of benzene rings is 3. The van der Waals surface area contributed by atoms with Crippen molar-refractivity contribution in [2.24, 2.45) is 5.92 Å². The highest BCUT2D eigenvalue weighted by Gasteiger charge is 2.35. The van der Waals surface area contributed by atoms with Crippen molar-refractivity contribution in [3.05, 3.63) is 89.5 Å². The van der Waals surface area contributed by atoms with E-state index in [-0.39, 0.29) is 30.7 Å². The largest absolute Gasteiger partial charge is 0.484 e. The summed E-state index contributed by atoms with van der Waals surface area (Å²) in [7, 11) is 0. The molecule has 3 amide bonds. The molecule has 3 aromatic carbocycles. The van der Waals surface area contributed by atoms with Crippen molar-refractivity contribution in [1.82, 2.24) is 5.32 Å². The van der Waals surface area contributed by atoms with E-state index in [9.17, 15) is 14.4 Å². The van der Waals surface area contributed by atoms with Crippen molar-refractivity contribution in [1.29, 1.82) is 0 Å². The topological polar surface area (TPSA) is 87.7 Å². The lowest BCUT2D eigenvalue weighted by atomic mass is 10.0. The van der Waals surface area contributed by atoms with Crippen LogP contribution in [0.1, 0.15) is 42.9 Å². The molecule has 0 aliphatic carbocycles. The maximum absolute atomic E-state index is 12.7. The van der Waals surface area contributed by atoms with Gasteiger partial charge >= 0.3 is 0 Å². The van der Waals surface area contributed by atoms with E-state index < -0.39 is 5.92 Å². The molecule has 1 heterocycles. The Balaban J connectivity index is 1.25. The van der Waals surface area contributed by atoms with Gasteiger partial charge in [0.1, 0.15) is 5.75 Å². The predicted octanol–water partition coefficient (Wildman–Crippen LogP) is 4.81. The first-order valence-electron chi connectivity index (χ1n) is 12.5. The molecule has 4 rings (SSSR count). The molecule has 1 fully saturated rings. The van der Waals surface area contributed by atoms with Crippen LogP contribution < -0.4 is 20.3 Å². The van der Waals surface area contributed by atoms with Crippen LogP contribution >= 0.6 is 0 Å². The molecule has 3 aromatic rings. The first kappa shape index (κ1) is 25.9. The third-order valence-electron chi connectivity index (χ3n) is 6.46. The maximum atomic E-state index is 12.7. The van der Waals surface area contributed by atoms with E-state index in [0.717, 1.165) is 11.1 Å². The van der Waals surface area contributed by atoms with Gasteiger partial charge in [0.15, 0.2) is 6.61 Å². The second kappa shape index (κ2) is 11.7. The molecule has 0 spiro atoms. The van der Waals surface area contributed by atoms with Gasteiger partial charge in [-0.3, -0.25) is 14.4 Å². The van der Waals surface area contributed by atoms with E-state index in [1.165, 1.54) is 5.56 Å². The summed E-state index contributed by atoms with van der Waals surface area (Å²) in [5.74, 6) is 0.114. The van der Waals surface area contributed by atoms with Crippen molar-refractivity contribution in [2.75, 3.05) is 23.4 Å². The van der Waals surface area contributed by atoms with E-state index in [0.29, 0.717) is 36.1 Å². The quantitative estimate of drug-likeness (QED) is 0.443. The van der Waals surface area contributed by atoms with Gasteiger partial charge in [-0.2, -0.15) is 0 Å². The van der Waals surface area contributed by atoms with Gasteiger partial charge in [-0.25, -0.2) is 0 Å². The zero-order valence-corrected chi connectivity index (χ0v) is 21.5.